The molecule has 0 saturated carbocycles. The molecule has 0 aromatic heterocycles. The average molecular weight is 226 g/mol. The highest BCUT2D eigenvalue weighted by Gasteiger charge is 2.34. The Morgan fingerprint density at radius 1 is 1.50 bits per heavy atom. The maximum Gasteiger partial charge on any atom is 0.308 e. The summed E-state index contributed by atoms with van der Waals surface area (Å²) in [5, 5.41) is 0. The van der Waals surface area contributed by atoms with Gasteiger partial charge in [-0.1, -0.05) is 18.9 Å². The van der Waals surface area contributed by atoms with Gasteiger partial charge in [-0.25, -0.2) is 0 Å². The monoisotopic (exact) mass is 226 g/mol. The van der Waals surface area contributed by atoms with Crippen LogP contribution >= 0.6 is 0 Å². The molecule has 16 heavy (non-hydrogen) atoms. The molecule has 1 atom stereocenters. The molecule has 1 unspecified atom stereocenters. The molecule has 0 aromatic carbocycles. The summed E-state index contributed by atoms with van der Waals surface area (Å²) in [5.41, 5.74) is -0.357. The van der Waals surface area contributed by atoms with E-state index in [0.29, 0.717) is 13.0 Å². The SMILES string of the molecule is C=CCC1(CC(=O)OCC)CCCCCO1. The highest BCUT2D eigenvalue weighted by atomic mass is 16.5. The smallest absolute Gasteiger partial charge is 0.308 e. The van der Waals surface area contributed by atoms with Crippen LogP contribution in [0.4, 0.5) is 0 Å². The minimum absolute atomic E-state index is 0.161. The number of hydrogen-bond donors (Lipinski definition) is 0. The molecule has 0 amide bonds. The first-order valence-corrected chi connectivity index (χ1v) is 6.13. The Bertz CT molecular complexity index is 227. The van der Waals surface area contributed by atoms with Gasteiger partial charge < -0.3 is 9.47 Å². The van der Waals surface area contributed by atoms with E-state index < -0.39 is 0 Å². The molecule has 0 aliphatic carbocycles. The minimum atomic E-state index is -0.357. The minimum Gasteiger partial charge on any atom is -0.466 e. The van der Waals surface area contributed by atoms with Gasteiger partial charge in [0.25, 0.3) is 0 Å². The van der Waals surface area contributed by atoms with E-state index in [4.69, 9.17) is 9.47 Å². The molecule has 0 N–H and O–H groups in total. The van der Waals surface area contributed by atoms with E-state index in [1.165, 1.54) is 6.42 Å². The second-order valence-corrected chi connectivity index (χ2v) is 4.32. The first-order valence-electron chi connectivity index (χ1n) is 6.13. The lowest BCUT2D eigenvalue weighted by Gasteiger charge is -2.30. The van der Waals surface area contributed by atoms with Gasteiger partial charge in [-0.05, 0) is 26.2 Å². The summed E-state index contributed by atoms with van der Waals surface area (Å²) in [4.78, 5) is 11.6. The first kappa shape index (κ1) is 13.2. The Labute approximate surface area is 97.8 Å². The summed E-state index contributed by atoms with van der Waals surface area (Å²) in [7, 11) is 0. The van der Waals surface area contributed by atoms with E-state index >= 15 is 0 Å². The van der Waals surface area contributed by atoms with Crippen molar-refractivity contribution < 1.29 is 14.3 Å². The van der Waals surface area contributed by atoms with Gasteiger partial charge in [0.1, 0.15) is 0 Å². The van der Waals surface area contributed by atoms with Crippen molar-refractivity contribution in [2.75, 3.05) is 13.2 Å². The van der Waals surface area contributed by atoms with Gasteiger partial charge in [-0.2, -0.15) is 0 Å². The molecule has 92 valence electrons. The molecule has 3 heteroatoms. The van der Waals surface area contributed by atoms with Crippen LogP contribution in [0, 0.1) is 0 Å². The lowest BCUT2D eigenvalue weighted by molar-refractivity contribution is -0.151. The van der Waals surface area contributed by atoms with Gasteiger partial charge in [0.15, 0.2) is 0 Å². The van der Waals surface area contributed by atoms with Crippen LogP contribution < -0.4 is 0 Å². The summed E-state index contributed by atoms with van der Waals surface area (Å²) in [6, 6.07) is 0. The van der Waals surface area contributed by atoms with Crippen LogP contribution in [0.2, 0.25) is 0 Å². The van der Waals surface area contributed by atoms with E-state index in [9.17, 15) is 4.79 Å². The fourth-order valence-corrected chi connectivity index (χ4v) is 2.20. The Kier molecular flexibility index (Phi) is 5.53. The summed E-state index contributed by atoms with van der Waals surface area (Å²) in [5.74, 6) is -0.161. The Balaban J connectivity index is 2.61. The number of ether oxygens (including phenoxy) is 2. The van der Waals surface area contributed by atoms with Gasteiger partial charge in [-0.15, -0.1) is 6.58 Å². The number of esters is 1. The molecule has 1 fully saturated rings. The van der Waals surface area contributed by atoms with Crippen molar-refractivity contribution in [2.24, 2.45) is 0 Å². The predicted octanol–water partition coefficient (Wildman–Crippen LogP) is 2.85. The van der Waals surface area contributed by atoms with Crippen LogP contribution in [0.5, 0.6) is 0 Å². The fourth-order valence-electron chi connectivity index (χ4n) is 2.20. The van der Waals surface area contributed by atoms with Gasteiger partial charge in [0, 0.05) is 6.61 Å². The van der Waals surface area contributed by atoms with Crippen LogP contribution in [0.1, 0.15) is 45.4 Å². The molecule has 1 rings (SSSR count). The quantitative estimate of drug-likeness (QED) is 0.534. The maximum atomic E-state index is 11.6. The fraction of sp³-hybridized carbons (Fsp3) is 0.769. The molecule has 1 saturated heterocycles. The average Bonchev–Trinajstić information content (AvgIpc) is 2.45. The molecule has 3 nitrogen and oxygen atoms in total. The number of hydrogen-bond acceptors (Lipinski definition) is 3. The van der Waals surface area contributed by atoms with Crippen molar-refractivity contribution in [3.05, 3.63) is 12.7 Å². The molecule has 1 aliphatic heterocycles. The van der Waals surface area contributed by atoms with Gasteiger partial charge in [-0.3, -0.25) is 4.79 Å². The Morgan fingerprint density at radius 2 is 2.31 bits per heavy atom. The first-order chi connectivity index (χ1) is 7.72. The summed E-state index contributed by atoms with van der Waals surface area (Å²) < 4.78 is 10.9. The number of carbonyl (C=O) groups excluding carboxylic acids is 1. The van der Waals surface area contributed by atoms with Crippen molar-refractivity contribution >= 4 is 5.97 Å². The molecule has 0 radical (unpaired) electrons. The van der Waals surface area contributed by atoms with E-state index in [0.717, 1.165) is 32.3 Å². The van der Waals surface area contributed by atoms with E-state index in [1.54, 1.807) is 0 Å². The van der Waals surface area contributed by atoms with Crippen LogP contribution in [-0.4, -0.2) is 24.8 Å². The highest BCUT2D eigenvalue weighted by Crippen LogP contribution is 2.31. The van der Waals surface area contributed by atoms with E-state index in [2.05, 4.69) is 6.58 Å². The van der Waals surface area contributed by atoms with Crippen molar-refractivity contribution in [3.63, 3.8) is 0 Å². The molecular weight excluding hydrogens is 204 g/mol. The molecule has 1 aliphatic rings. The third-order valence-electron chi connectivity index (χ3n) is 2.97. The van der Waals surface area contributed by atoms with Crippen molar-refractivity contribution in [1.82, 2.24) is 0 Å². The van der Waals surface area contributed by atoms with Crippen molar-refractivity contribution in [1.29, 1.82) is 0 Å². The largest absolute Gasteiger partial charge is 0.466 e. The molecule has 0 spiro atoms. The Morgan fingerprint density at radius 3 is 3.00 bits per heavy atom. The standard InChI is InChI=1S/C13H22O3/c1-3-8-13(11-12(14)15-4-2)9-6-5-7-10-16-13/h3H,1,4-11H2,2H3. The van der Waals surface area contributed by atoms with Crippen molar-refractivity contribution in [3.8, 4) is 0 Å². The van der Waals surface area contributed by atoms with Gasteiger partial charge in [0.2, 0.25) is 0 Å². The second-order valence-electron chi connectivity index (χ2n) is 4.32. The predicted molar refractivity (Wildman–Crippen MR) is 63.2 cm³/mol. The molecular formula is C13H22O3. The third-order valence-corrected chi connectivity index (χ3v) is 2.97. The van der Waals surface area contributed by atoms with Crippen LogP contribution in [0.15, 0.2) is 12.7 Å². The maximum absolute atomic E-state index is 11.6. The second kappa shape index (κ2) is 6.69. The van der Waals surface area contributed by atoms with Crippen LogP contribution in [-0.2, 0) is 14.3 Å². The lowest BCUT2D eigenvalue weighted by Crippen LogP contribution is -2.35. The van der Waals surface area contributed by atoms with Crippen LogP contribution in [0.3, 0.4) is 0 Å². The highest BCUT2D eigenvalue weighted by molar-refractivity contribution is 5.70. The molecule has 0 aromatic rings. The Hall–Kier alpha value is -0.830. The van der Waals surface area contributed by atoms with Gasteiger partial charge in [0.05, 0.1) is 18.6 Å². The normalized spacial score (nSPS) is 25.8. The molecule has 0 bridgehead atoms. The summed E-state index contributed by atoms with van der Waals surface area (Å²) in [6.07, 6.45) is 7.23. The zero-order valence-corrected chi connectivity index (χ0v) is 10.2. The summed E-state index contributed by atoms with van der Waals surface area (Å²) >= 11 is 0. The number of carbonyl (C=O) groups is 1. The zero-order valence-electron chi connectivity index (χ0n) is 10.2. The summed E-state index contributed by atoms with van der Waals surface area (Å²) in [6.45, 7) is 6.75. The third kappa shape index (κ3) is 3.97. The van der Waals surface area contributed by atoms with E-state index in [1.807, 2.05) is 13.0 Å². The lowest BCUT2D eigenvalue weighted by atomic mass is 9.90. The van der Waals surface area contributed by atoms with Crippen molar-refractivity contribution in [2.45, 2.75) is 51.0 Å². The van der Waals surface area contributed by atoms with Crippen LogP contribution in [0.25, 0.3) is 0 Å². The molecule has 1 heterocycles. The topological polar surface area (TPSA) is 35.5 Å². The van der Waals surface area contributed by atoms with Gasteiger partial charge >= 0.3 is 5.97 Å². The van der Waals surface area contributed by atoms with E-state index in [-0.39, 0.29) is 11.6 Å². The zero-order chi connectivity index (χ0) is 11.9. The number of rotatable bonds is 5.